The number of amides is 1. The van der Waals surface area contributed by atoms with Crippen LogP contribution < -0.4 is 10.6 Å². The highest BCUT2D eigenvalue weighted by Gasteiger charge is 2.50. The van der Waals surface area contributed by atoms with Gasteiger partial charge >= 0.3 is 12.1 Å². The van der Waals surface area contributed by atoms with Crippen molar-refractivity contribution in [1.82, 2.24) is 15.3 Å². The summed E-state index contributed by atoms with van der Waals surface area (Å²) in [6.45, 7) is -0.0624. The fraction of sp³-hybridized carbons (Fsp3) is 0.154. The topological polar surface area (TPSA) is 93.2 Å². The van der Waals surface area contributed by atoms with Crippen LogP contribution in [0.4, 0.5) is 18.9 Å². The first-order chi connectivity index (χ1) is 17.7. The minimum absolute atomic E-state index is 0.0624. The van der Waals surface area contributed by atoms with Crippen molar-refractivity contribution in [3.63, 3.8) is 0 Å². The van der Waals surface area contributed by atoms with Gasteiger partial charge in [-0.2, -0.15) is 13.2 Å². The predicted molar refractivity (Wildman–Crippen MR) is 132 cm³/mol. The van der Waals surface area contributed by atoms with Crippen molar-refractivity contribution in [2.45, 2.75) is 24.9 Å². The molecule has 0 aliphatic carbocycles. The zero-order chi connectivity index (χ0) is 26.3. The molecule has 2 aromatic heterocycles. The highest BCUT2D eigenvalue weighted by atomic mass is 32.1. The van der Waals surface area contributed by atoms with E-state index in [9.17, 15) is 22.8 Å². The number of carbonyl (C=O) groups excluding carboxylic acids is 2. The Morgan fingerprint density at radius 1 is 0.919 bits per heavy atom. The Labute approximate surface area is 214 Å². The third-order valence-corrected chi connectivity index (χ3v) is 6.11. The monoisotopic (exact) mass is 526 g/mol. The molecule has 4 aromatic rings. The molecule has 37 heavy (non-hydrogen) atoms. The molecule has 0 bridgehead atoms. The van der Waals surface area contributed by atoms with Crippen molar-refractivity contribution in [2.75, 3.05) is 5.32 Å². The van der Waals surface area contributed by atoms with Gasteiger partial charge in [-0.05, 0) is 41.0 Å². The number of hydrogen-bond donors (Lipinski definition) is 2. The van der Waals surface area contributed by atoms with E-state index in [1.165, 1.54) is 17.5 Å². The first-order valence-electron chi connectivity index (χ1n) is 11.0. The molecule has 190 valence electrons. The zero-order valence-electron chi connectivity index (χ0n) is 19.2. The highest BCUT2D eigenvalue weighted by Crippen LogP contribution is 2.27. The molecule has 2 N–H and O–H groups in total. The van der Waals surface area contributed by atoms with E-state index in [-0.39, 0.29) is 13.0 Å². The average Bonchev–Trinajstić information content (AvgIpc) is 3.42. The van der Waals surface area contributed by atoms with Crippen LogP contribution >= 0.6 is 11.3 Å². The number of rotatable bonds is 9. The molecule has 0 aliphatic rings. The van der Waals surface area contributed by atoms with E-state index in [2.05, 4.69) is 20.6 Å². The molecule has 0 saturated carbocycles. The smallest absolute Gasteiger partial charge is 0.427 e. The van der Waals surface area contributed by atoms with Gasteiger partial charge in [0.2, 0.25) is 5.72 Å². The zero-order valence-corrected chi connectivity index (χ0v) is 20.1. The number of pyridine rings is 1. The Morgan fingerprint density at radius 2 is 1.68 bits per heavy atom. The fourth-order valence-electron chi connectivity index (χ4n) is 3.55. The van der Waals surface area contributed by atoms with Gasteiger partial charge in [-0.1, -0.05) is 42.5 Å². The van der Waals surface area contributed by atoms with Crippen LogP contribution in [0.3, 0.4) is 0 Å². The Bertz CT molecular complexity index is 1340. The standard InChI is InChI=1S/C26H21F3N4O3S/c27-26(28,29)24(35)36-25(14-18-5-2-1-3-6-18,32-16-22-15-31-17-37-22)23(34)33-21-8-4-7-20(13-21)19-9-11-30-12-10-19/h1-13,15,17,32H,14,16H2,(H,33,34)/t25-/m1/s1. The summed E-state index contributed by atoms with van der Waals surface area (Å²) in [6, 6.07) is 18.6. The lowest BCUT2D eigenvalue weighted by molar-refractivity contribution is -0.216. The number of nitrogens with one attached hydrogen (secondary N) is 2. The van der Waals surface area contributed by atoms with Crippen molar-refractivity contribution in [1.29, 1.82) is 0 Å². The maximum Gasteiger partial charge on any atom is 0.491 e. The van der Waals surface area contributed by atoms with Crippen LogP contribution in [0, 0.1) is 0 Å². The van der Waals surface area contributed by atoms with Crippen molar-refractivity contribution in [3.8, 4) is 11.1 Å². The Morgan fingerprint density at radius 3 is 2.35 bits per heavy atom. The van der Waals surface area contributed by atoms with Crippen molar-refractivity contribution in [2.24, 2.45) is 0 Å². The summed E-state index contributed by atoms with van der Waals surface area (Å²) in [7, 11) is 0. The third kappa shape index (κ3) is 6.78. The minimum atomic E-state index is -5.31. The second-order valence-corrected chi connectivity index (χ2v) is 8.94. The van der Waals surface area contributed by atoms with Gasteiger partial charge in [-0.3, -0.25) is 20.1 Å². The van der Waals surface area contributed by atoms with Gasteiger partial charge in [0, 0.05) is 42.1 Å². The Hall–Kier alpha value is -4.09. The molecule has 7 nitrogen and oxygen atoms in total. The van der Waals surface area contributed by atoms with Crippen LogP contribution in [0.1, 0.15) is 10.4 Å². The molecule has 2 aromatic carbocycles. The number of esters is 1. The SMILES string of the molecule is O=C(O[C@@](Cc1ccccc1)(NCc1cncs1)C(=O)Nc1cccc(-c2ccncc2)c1)C(F)(F)F. The van der Waals surface area contributed by atoms with Crippen molar-refractivity contribution < 1.29 is 27.5 Å². The molecule has 11 heteroatoms. The predicted octanol–water partition coefficient (Wildman–Crippen LogP) is 4.98. The van der Waals surface area contributed by atoms with Gasteiger partial charge in [0.25, 0.3) is 5.91 Å². The number of ether oxygens (including phenoxy) is 1. The molecule has 2 heterocycles. The molecule has 0 unspecified atom stereocenters. The first-order valence-corrected chi connectivity index (χ1v) is 11.9. The van der Waals surface area contributed by atoms with Crippen molar-refractivity contribution >= 4 is 28.9 Å². The van der Waals surface area contributed by atoms with Crippen LogP contribution in [-0.2, 0) is 27.3 Å². The van der Waals surface area contributed by atoms with Crippen LogP contribution in [0.25, 0.3) is 11.1 Å². The lowest BCUT2D eigenvalue weighted by atomic mass is 10.0. The van der Waals surface area contributed by atoms with E-state index in [1.807, 2.05) is 6.07 Å². The van der Waals surface area contributed by atoms with Crippen molar-refractivity contribution in [3.05, 3.63) is 101 Å². The summed E-state index contributed by atoms with van der Waals surface area (Å²) in [6.07, 6.45) is -0.927. The quantitative estimate of drug-likeness (QED) is 0.236. The Kier molecular flexibility index (Phi) is 7.95. The van der Waals surface area contributed by atoms with E-state index in [0.29, 0.717) is 16.1 Å². The molecular weight excluding hydrogens is 505 g/mol. The van der Waals surface area contributed by atoms with E-state index in [1.54, 1.807) is 78.6 Å². The maximum atomic E-state index is 13.7. The van der Waals surface area contributed by atoms with E-state index >= 15 is 0 Å². The molecular formula is C26H21F3N4O3S. The van der Waals surface area contributed by atoms with Crippen LogP contribution in [-0.4, -0.2) is 33.7 Å². The summed E-state index contributed by atoms with van der Waals surface area (Å²) in [4.78, 5) is 34.3. The molecule has 1 atom stereocenters. The largest absolute Gasteiger partial charge is 0.491 e. The molecule has 1 amide bonds. The summed E-state index contributed by atoms with van der Waals surface area (Å²) < 4.78 is 44.9. The van der Waals surface area contributed by atoms with Crippen LogP contribution in [0.5, 0.6) is 0 Å². The Balaban J connectivity index is 1.70. The molecule has 0 radical (unpaired) electrons. The second-order valence-electron chi connectivity index (χ2n) is 7.97. The van der Waals surface area contributed by atoms with Crippen LogP contribution in [0.2, 0.25) is 0 Å². The number of nitrogens with zero attached hydrogens (tertiary/aromatic N) is 2. The molecule has 0 aliphatic heterocycles. The minimum Gasteiger partial charge on any atom is -0.427 e. The third-order valence-electron chi connectivity index (χ3n) is 5.33. The molecule has 0 saturated heterocycles. The van der Waals surface area contributed by atoms with Gasteiger partial charge < -0.3 is 10.1 Å². The maximum absolute atomic E-state index is 13.7. The number of carbonyl (C=O) groups is 2. The normalized spacial score (nSPS) is 12.9. The summed E-state index contributed by atoms with van der Waals surface area (Å²) in [5, 5.41) is 5.39. The van der Waals surface area contributed by atoms with E-state index in [0.717, 1.165) is 11.1 Å². The van der Waals surface area contributed by atoms with Gasteiger partial charge in [0.15, 0.2) is 0 Å². The van der Waals surface area contributed by atoms with E-state index < -0.39 is 23.8 Å². The number of halogens is 3. The van der Waals surface area contributed by atoms with Crippen LogP contribution in [0.15, 0.2) is 90.8 Å². The number of benzene rings is 2. The lowest BCUT2D eigenvalue weighted by Gasteiger charge is -2.33. The first kappa shape index (κ1) is 26.0. The van der Waals surface area contributed by atoms with Gasteiger partial charge in [0.1, 0.15) is 0 Å². The van der Waals surface area contributed by atoms with E-state index in [4.69, 9.17) is 4.74 Å². The number of anilines is 1. The number of hydrogen-bond acceptors (Lipinski definition) is 7. The summed E-state index contributed by atoms with van der Waals surface area (Å²) in [5.41, 5.74) is 1.52. The lowest BCUT2D eigenvalue weighted by Crippen LogP contribution is -2.60. The molecule has 0 spiro atoms. The molecule has 0 fully saturated rings. The number of alkyl halides is 3. The second kappa shape index (κ2) is 11.3. The average molecular weight is 527 g/mol. The molecule has 4 rings (SSSR count). The highest BCUT2D eigenvalue weighted by molar-refractivity contribution is 7.09. The number of aromatic nitrogens is 2. The number of thiazole rings is 1. The van der Waals surface area contributed by atoms with Gasteiger partial charge in [-0.15, -0.1) is 11.3 Å². The summed E-state index contributed by atoms with van der Waals surface area (Å²) in [5.74, 6) is -3.45. The fourth-order valence-corrected chi connectivity index (χ4v) is 4.09. The summed E-state index contributed by atoms with van der Waals surface area (Å²) >= 11 is 1.24. The van der Waals surface area contributed by atoms with Gasteiger partial charge in [0.05, 0.1) is 5.51 Å². The van der Waals surface area contributed by atoms with Gasteiger partial charge in [-0.25, -0.2) is 4.79 Å².